The van der Waals surface area contributed by atoms with Crippen molar-refractivity contribution in [3.05, 3.63) is 30.2 Å². The third-order valence-electron chi connectivity index (χ3n) is 3.51. The minimum Gasteiger partial charge on any atom is -0.338 e. The molecule has 8 nitrogen and oxygen atoms in total. The molecule has 1 aromatic heterocycles. The molecule has 0 saturated carbocycles. The van der Waals surface area contributed by atoms with Crippen molar-refractivity contribution in [2.24, 2.45) is 5.73 Å². The van der Waals surface area contributed by atoms with Crippen LogP contribution < -0.4 is 10.6 Å². The number of piperazine rings is 1. The number of para-hydroxylation sites is 1. The van der Waals surface area contributed by atoms with Gasteiger partial charge in [-0.3, -0.25) is 9.59 Å². The van der Waals surface area contributed by atoms with Crippen LogP contribution in [0.25, 0.3) is 11.4 Å². The van der Waals surface area contributed by atoms with Gasteiger partial charge < -0.3 is 20.1 Å². The van der Waals surface area contributed by atoms with Crippen LogP contribution in [0.5, 0.6) is 0 Å². The molecule has 1 aromatic carbocycles. The van der Waals surface area contributed by atoms with Crippen LogP contribution in [0.3, 0.4) is 0 Å². The Morgan fingerprint density at radius 3 is 2.73 bits per heavy atom. The average molecular weight is 301 g/mol. The van der Waals surface area contributed by atoms with Crippen LogP contribution >= 0.6 is 0 Å². The Hall–Kier alpha value is -2.74. The molecule has 2 aromatic rings. The summed E-state index contributed by atoms with van der Waals surface area (Å²) in [6, 6.07) is 7.12. The lowest BCUT2D eigenvalue weighted by atomic mass is 10.1. The molecule has 114 valence electrons. The number of carbonyl (C=O) groups is 2. The van der Waals surface area contributed by atoms with E-state index >= 15 is 0 Å². The quantitative estimate of drug-likeness (QED) is 0.800. The fraction of sp³-hybridized carbons (Fsp3) is 0.286. The highest BCUT2D eigenvalue weighted by Gasteiger charge is 2.32. The lowest BCUT2D eigenvalue weighted by Gasteiger charge is -2.32. The average Bonchev–Trinajstić information content (AvgIpc) is 3.02. The van der Waals surface area contributed by atoms with Gasteiger partial charge in [-0.2, -0.15) is 4.98 Å². The van der Waals surface area contributed by atoms with Gasteiger partial charge in [-0.25, -0.2) is 0 Å². The Labute approximate surface area is 126 Å². The van der Waals surface area contributed by atoms with Crippen LogP contribution in [-0.4, -0.2) is 47.0 Å². The molecule has 0 atom stereocenters. The van der Waals surface area contributed by atoms with Crippen LogP contribution in [0.4, 0.5) is 5.69 Å². The summed E-state index contributed by atoms with van der Waals surface area (Å²) in [6.07, 6.45) is 0. The number of nitrogens with zero attached hydrogens (tertiary/aromatic N) is 4. The standard InChI is InChI=1S/C14H15N5O3/c1-18-6-7-19(14(21)13(18)20)10-5-3-2-4-9(10)12-16-11(8-15)22-17-12/h2-5H,6-8,15H2,1H3. The summed E-state index contributed by atoms with van der Waals surface area (Å²) in [7, 11) is 1.61. The Morgan fingerprint density at radius 2 is 2.00 bits per heavy atom. The molecule has 22 heavy (non-hydrogen) atoms. The molecule has 2 amide bonds. The largest absolute Gasteiger partial charge is 0.338 e. The lowest BCUT2D eigenvalue weighted by molar-refractivity contribution is -0.145. The highest BCUT2D eigenvalue weighted by atomic mass is 16.5. The number of anilines is 1. The minimum atomic E-state index is -0.566. The Kier molecular flexibility index (Phi) is 3.60. The summed E-state index contributed by atoms with van der Waals surface area (Å²) < 4.78 is 5.01. The van der Waals surface area contributed by atoms with Crippen LogP contribution in [0, 0.1) is 0 Å². The maximum absolute atomic E-state index is 12.2. The predicted octanol–water partition coefficient (Wildman–Crippen LogP) is 0.000300. The highest BCUT2D eigenvalue weighted by Crippen LogP contribution is 2.30. The van der Waals surface area contributed by atoms with E-state index in [1.54, 1.807) is 31.3 Å². The zero-order chi connectivity index (χ0) is 15.7. The molecule has 1 aliphatic heterocycles. The Bertz CT molecular complexity index is 727. The van der Waals surface area contributed by atoms with Gasteiger partial charge in [0.1, 0.15) is 0 Å². The number of aromatic nitrogens is 2. The van der Waals surface area contributed by atoms with Crippen molar-refractivity contribution >= 4 is 17.5 Å². The first-order valence-electron chi connectivity index (χ1n) is 6.81. The van der Waals surface area contributed by atoms with E-state index in [4.69, 9.17) is 10.3 Å². The van der Waals surface area contributed by atoms with E-state index in [2.05, 4.69) is 10.1 Å². The van der Waals surface area contributed by atoms with Crippen LogP contribution in [0.1, 0.15) is 5.89 Å². The van der Waals surface area contributed by atoms with Crippen molar-refractivity contribution in [1.29, 1.82) is 0 Å². The van der Waals surface area contributed by atoms with Gasteiger partial charge in [-0.1, -0.05) is 17.3 Å². The first kappa shape index (κ1) is 14.2. The van der Waals surface area contributed by atoms with Gasteiger partial charge in [0.2, 0.25) is 11.7 Å². The van der Waals surface area contributed by atoms with Gasteiger partial charge in [0.05, 0.1) is 12.2 Å². The number of carbonyl (C=O) groups excluding carboxylic acids is 2. The molecule has 0 unspecified atom stereocenters. The predicted molar refractivity (Wildman–Crippen MR) is 77.6 cm³/mol. The summed E-state index contributed by atoms with van der Waals surface area (Å²) in [4.78, 5) is 31.1. The fourth-order valence-corrected chi connectivity index (χ4v) is 2.31. The van der Waals surface area contributed by atoms with Crippen molar-refractivity contribution in [3.63, 3.8) is 0 Å². The third-order valence-corrected chi connectivity index (χ3v) is 3.51. The second-order valence-corrected chi connectivity index (χ2v) is 4.92. The number of hydrogen-bond acceptors (Lipinski definition) is 6. The van der Waals surface area contributed by atoms with Crippen LogP contribution in [0.2, 0.25) is 0 Å². The molecular formula is C14H15N5O3. The van der Waals surface area contributed by atoms with E-state index < -0.39 is 11.8 Å². The number of rotatable bonds is 3. The van der Waals surface area contributed by atoms with Gasteiger partial charge in [0, 0.05) is 25.7 Å². The number of likely N-dealkylation sites (N-methyl/N-ethyl adjacent to an activating group) is 1. The Balaban J connectivity index is 2.01. The van der Waals surface area contributed by atoms with E-state index in [-0.39, 0.29) is 6.54 Å². The zero-order valence-electron chi connectivity index (χ0n) is 12.0. The molecule has 2 heterocycles. The van der Waals surface area contributed by atoms with Gasteiger partial charge in [-0.05, 0) is 12.1 Å². The maximum atomic E-state index is 12.2. The molecule has 8 heteroatoms. The molecule has 0 radical (unpaired) electrons. The Morgan fingerprint density at radius 1 is 1.23 bits per heavy atom. The van der Waals surface area contributed by atoms with E-state index in [9.17, 15) is 9.59 Å². The zero-order valence-corrected chi connectivity index (χ0v) is 12.0. The molecule has 3 rings (SSSR count). The van der Waals surface area contributed by atoms with E-state index in [0.29, 0.717) is 36.1 Å². The first-order valence-corrected chi connectivity index (χ1v) is 6.81. The SMILES string of the molecule is CN1CCN(c2ccccc2-c2noc(CN)n2)C(=O)C1=O. The summed E-state index contributed by atoms with van der Waals surface area (Å²) in [5.74, 6) is -0.443. The van der Waals surface area contributed by atoms with Crippen molar-refractivity contribution < 1.29 is 14.1 Å². The molecule has 1 aliphatic rings. The first-order chi connectivity index (χ1) is 10.6. The van der Waals surface area contributed by atoms with Crippen molar-refractivity contribution in [1.82, 2.24) is 15.0 Å². The summed E-state index contributed by atoms with van der Waals surface area (Å²) in [5.41, 5.74) is 6.67. The number of benzene rings is 1. The van der Waals surface area contributed by atoms with Gasteiger partial charge in [0.15, 0.2) is 0 Å². The van der Waals surface area contributed by atoms with Gasteiger partial charge in [0.25, 0.3) is 0 Å². The van der Waals surface area contributed by atoms with Crippen LogP contribution in [0.15, 0.2) is 28.8 Å². The molecule has 0 aliphatic carbocycles. The van der Waals surface area contributed by atoms with Gasteiger partial charge in [-0.15, -0.1) is 0 Å². The van der Waals surface area contributed by atoms with Gasteiger partial charge >= 0.3 is 11.8 Å². The van der Waals surface area contributed by atoms with E-state index in [1.165, 1.54) is 9.80 Å². The highest BCUT2D eigenvalue weighted by molar-refractivity contribution is 6.41. The molecule has 1 saturated heterocycles. The summed E-state index contributed by atoms with van der Waals surface area (Å²) in [6.45, 7) is 1.03. The van der Waals surface area contributed by atoms with E-state index in [1.807, 2.05) is 0 Å². The van der Waals surface area contributed by atoms with Crippen molar-refractivity contribution in [2.75, 3.05) is 25.0 Å². The molecule has 0 bridgehead atoms. The fourth-order valence-electron chi connectivity index (χ4n) is 2.31. The number of amides is 2. The summed E-state index contributed by atoms with van der Waals surface area (Å²) >= 11 is 0. The number of hydrogen-bond donors (Lipinski definition) is 1. The van der Waals surface area contributed by atoms with E-state index in [0.717, 1.165) is 0 Å². The second kappa shape index (κ2) is 5.57. The van der Waals surface area contributed by atoms with Crippen molar-refractivity contribution in [3.8, 4) is 11.4 Å². The smallest absolute Gasteiger partial charge is 0.316 e. The van der Waals surface area contributed by atoms with Crippen molar-refractivity contribution in [2.45, 2.75) is 6.54 Å². The summed E-state index contributed by atoms with van der Waals surface area (Å²) in [5, 5.41) is 3.87. The lowest BCUT2D eigenvalue weighted by Crippen LogP contribution is -2.53. The third kappa shape index (κ3) is 2.33. The molecule has 1 fully saturated rings. The normalized spacial score (nSPS) is 15.5. The molecule has 0 spiro atoms. The topological polar surface area (TPSA) is 106 Å². The number of nitrogens with two attached hydrogens (primary N) is 1. The second-order valence-electron chi connectivity index (χ2n) is 4.92. The molecule has 2 N–H and O–H groups in total. The monoisotopic (exact) mass is 301 g/mol. The van der Waals surface area contributed by atoms with Crippen LogP contribution in [-0.2, 0) is 16.1 Å². The minimum absolute atomic E-state index is 0.140. The molecular weight excluding hydrogens is 286 g/mol. The maximum Gasteiger partial charge on any atom is 0.316 e.